The molecule has 2 rings (SSSR count). The van der Waals surface area contributed by atoms with Gasteiger partial charge in [-0.1, -0.05) is 30.7 Å². The second-order valence-corrected chi connectivity index (χ2v) is 5.90. The molecular formula is C12H18ClN3OS. The lowest BCUT2D eigenvalue weighted by Crippen LogP contribution is -2.47. The number of amides is 1. The number of nitrogens with zero attached hydrogens (tertiary/aromatic N) is 2. The summed E-state index contributed by atoms with van der Waals surface area (Å²) < 4.78 is 3.88. The van der Waals surface area contributed by atoms with Gasteiger partial charge in [0.15, 0.2) is 0 Å². The summed E-state index contributed by atoms with van der Waals surface area (Å²) in [5.41, 5.74) is 0.592. The highest BCUT2D eigenvalue weighted by Gasteiger charge is 2.35. The first kappa shape index (κ1) is 13.7. The van der Waals surface area contributed by atoms with Crippen molar-refractivity contribution in [3.63, 3.8) is 0 Å². The van der Waals surface area contributed by atoms with E-state index < -0.39 is 0 Å². The van der Waals surface area contributed by atoms with Crippen molar-refractivity contribution in [3.8, 4) is 0 Å². The van der Waals surface area contributed by atoms with Crippen LogP contribution in [-0.2, 0) is 6.42 Å². The van der Waals surface area contributed by atoms with Gasteiger partial charge < -0.3 is 5.32 Å². The Morgan fingerprint density at radius 2 is 2.22 bits per heavy atom. The zero-order valence-corrected chi connectivity index (χ0v) is 12.1. The summed E-state index contributed by atoms with van der Waals surface area (Å²) >= 11 is 7.20. The Hall–Kier alpha value is -0.680. The minimum absolute atomic E-state index is 0.0593. The third-order valence-electron chi connectivity index (χ3n) is 3.44. The Morgan fingerprint density at radius 3 is 2.83 bits per heavy atom. The Balaban J connectivity index is 2.09. The first-order valence-electron chi connectivity index (χ1n) is 6.40. The van der Waals surface area contributed by atoms with Gasteiger partial charge in [-0.15, -0.1) is 16.7 Å². The average Bonchev–Trinajstić information content (AvgIpc) is 2.99. The van der Waals surface area contributed by atoms with E-state index in [1.807, 2.05) is 0 Å². The summed E-state index contributed by atoms with van der Waals surface area (Å²) in [5, 5.41) is 7.13. The van der Waals surface area contributed by atoms with Crippen molar-refractivity contribution >= 4 is 29.0 Å². The van der Waals surface area contributed by atoms with Crippen LogP contribution < -0.4 is 5.32 Å². The maximum atomic E-state index is 12.3. The quantitative estimate of drug-likeness (QED) is 0.847. The van der Waals surface area contributed by atoms with Gasteiger partial charge in [-0.05, 0) is 30.8 Å². The van der Waals surface area contributed by atoms with Crippen LogP contribution in [0.1, 0.15) is 54.4 Å². The van der Waals surface area contributed by atoms with Gasteiger partial charge in [0, 0.05) is 5.88 Å². The lowest BCUT2D eigenvalue weighted by Gasteiger charge is -2.27. The molecule has 1 aliphatic carbocycles. The predicted molar refractivity (Wildman–Crippen MR) is 73.3 cm³/mol. The predicted octanol–water partition coefficient (Wildman–Crippen LogP) is 2.77. The zero-order chi connectivity index (χ0) is 13.0. The first-order chi connectivity index (χ1) is 8.71. The standard InChI is InChI=1S/C12H18ClN3OS/c1-2-5-9-10(18-16-15-9)11(17)14-12(8-13)6-3-4-7-12/h2-8H2,1H3,(H,14,17). The molecule has 1 heterocycles. The molecule has 1 amide bonds. The molecule has 0 unspecified atom stereocenters. The fraction of sp³-hybridized carbons (Fsp3) is 0.750. The topological polar surface area (TPSA) is 54.9 Å². The lowest BCUT2D eigenvalue weighted by atomic mass is 10.0. The van der Waals surface area contributed by atoms with Crippen LogP contribution >= 0.6 is 23.1 Å². The molecule has 4 nitrogen and oxygen atoms in total. The van der Waals surface area contributed by atoms with Gasteiger partial charge in [0.1, 0.15) is 4.88 Å². The molecule has 0 saturated heterocycles. The van der Waals surface area contributed by atoms with Crippen molar-refractivity contribution in [1.29, 1.82) is 0 Å². The van der Waals surface area contributed by atoms with Gasteiger partial charge in [-0.25, -0.2) is 0 Å². The molecule has 100 valence electrons. The fourth-order valence-corrected chi connectivity index (χ4v) is 3.36. The van der Waals surface area contributed by atoms with Gasteiger partial charge in [0.2, 0.25) is 0 Å². The van der Waals surface area contributed by atoms with E-state index in [0.717, 1.165) is 44.2 Å². The van der Waals surface area contributed by atoms with Crippen LogP contribution in [0.25, 0.3) is 0 Å². The van der Waals surface area contributed by atoms with Crippen molar-refractivity contribution in [1.82, 2.24) is 14.9 Å². The smallest absolute Gasteiger partial charge is 0.265 e. The largest absolute Gasteiger partial charge is 0.345 e. The number of aromatic nitrogens is 2. The van der Waals surface area contributed by atoms with Crippen LogP contribution in [0.15, 0.2) is 0 Å². The van der Waals surface area contributed by atoms with E-state index in [2.05, 4.69) is 21.8 Å². The maximum absolute atomic E-state index is 12.3. The van der Waals surface area contributed by atoms with Crippen molar-refractivity contribution in [2.24, 2.45) is 0 Å². The molecule has 0 aromatic carbocycles. The molecule has 18 heavy (non-hydrogen) atoms. The van der Waals surface area contributed by atoms with Gasteiger partial charge >= 0.3 is 0 Å². The Morgan fingerprint density at radius 1 is 1.50 bits per heavy atom. The summed E-state index contributed by atoms with van der Waals surface area (Å²) in [6.45, 7) is 2.07. The van der Waals surface area contributed by atoms with Crippen molar-refractivity contribution in [2.75, 3.05) is 5.88 Å². The summed E-state index contributed by atoms with van der Waals surface area (Å²) in [4.78, 5) is 12.9. The molecule has 0 bridgehead atoms. The van der Waals surface area contributed by atoms with Crippen LogP contribution in [-0.4, -0.2) is 26.9 Å². The average molecular weight is 288 g/mol. The number of alkyl halides is 1. The van der Waals surface area contributed by atoms with Crippen LogP contribution in [0, 0.1) is 0 Å². The van der Waals surface area contributed by atoms with Crippen LogP contribution in [0.4, 0.5) is 0 Å². The van der Waals surface area contributed by atoms with Crippen molar-refractivity contribution < 1.29 is 4.79 Å². The normalized spacial score (nSPS) is 17.9. The number of carbonyl (C=O) groups excluding carboxylic acids is 1. The monoisotopic (exact) mass is 287 g/mol. The van der Waals surface area contributed by atoms with Crippen molar-refractivity contribution in [3.05, 3.63) is 10.6 Å². The van der Waals surface area contributed by atoms with Gasteiger partial charge in [-0.2, -0.15) is 0 Å². The number of carbonyl (C=O) groups is 1. The molecule has 1 aromatic rings. The number of halogens is 1. The molecule has 1 aromatic heterocycles. The van der Waals surface area contributed by atoms with Crippen LogP contribution in [0.2, 0.25) is 0 Å². The summed E-state index contributed by atoms with van der Waals surface area (Å²) in [5.74, 6) is 0.421. The Labute approximate surface area is 116 Å². The van der Waals surface area contributed by atoms with Gasteiger partial charge in [0.25, 0.3) is 5.91 Å². The highest BCUT2D eigenvalue weighted by atomic mass is 35.5. The SMILES string of the molecule is CCCc1nnsc1C(=O)NC1(CCl)CCCC1. The minimum atomic E-state index is -0.216. The maximum Gasteiger partial charge on any atom is 0.265 e. The summed E-state index contributed by atoms with van der Waals surface area (Å²) in [7, 11) is 0. The minimum Gasteiger partial charge on any atom is -0.345 e. The number of aryl methyl sites for hydroxylation is 1. The number of hydrogen-bond donors (Lipinski definition) is 1. The Kier molecular flexibility index (Phi) is 4.56. The zero-order valence-electron chi connectivity index (χ0n) is 10.5. The molecule has 1 saturated carbocycles. The second kappa shape index (κ2) is 5.97. The van der Waals surface area contributed by atoms with E-state index >= 15 is 0 Å². The van der Waals surface area contributed by atoms with Gasteiger partial charge in [0.05, 0.1) is 11.2 Å². The molecule has 6 heteroatoms. The number of nitrogens with one attached hydrogen (secondary N) is 1. The molecule has 0 radical (unpaired) electrons. The second-order valence-electron chi connectivity index (χ2n) is 4.87. The van der Waals surface area contributed by atoms with Crippen LogP contribution in [0.3, 0.4) is 0 Å². The molecule has 0 atom stereocenters. The van der Waals surface area contributed by atoms with E-state index in [1.54, 1.807) is 0 Å². The van der Waals surface area contributed by atoms with Crippen LogP contribution in [0.5, 0.6) is 0 Å². The molecule has 1 fully saturated rings. The molecule has 0 spiro atoms. The van der Waals surface area contributed by atoms with E-state index in [9.17, 15) is 4.79 Å². The van der Waals surface area contributed by atoms with E-state index in [1.165, 1.54) is 11.5 Å². The number of rotatable bonds is 5. The van der Waals surface area contributed by atoms with E-state index in [4.69, 9.17) is 11.6 Å². The lowest BCUT2D eigenvalue weighted by molar-refractivity contribution is 0.0912. The third kappa shape index (κ3) is 2.83. The van der Waals surface area contributed by atoms with E-state index in [-0.39, 0.29) is 11.4 Å². The third-order valence-corrected chi connectivity index (χ3v) is 4.72. The molecular weight excluding hydrogens is 270 g/mol. The first-order valence-corrected chi connectivity index (χ1v) is 7.71. The highest BCUT2D eigenvalue weighted by molar-refractivity contribution is 7.08. The molecule has 1 N–H and O–H groups in total. The Bertz CT molecular complexity index is 415. The fourth-order valence-electron chi connectivity index (χ4n) is 2.42. The number of hydrogen-bond acceptors (Lipinski definition) is 4. The summed E-state index contributed by atoms with van der Waals surface area (Å²) in [6, 6.07) is 0. The highest BCUT2D eigenvalue weighted by Crippen LogP contribution is 2.31. The molecule has 0 aliphatic heterocycles. The van der Waals surface area contributed by atoms with Crippen molar-refractivity contribution in [2.45, 2.75) is 51.0 Å². The van der Waals surface area contributed by atoms with Gasteiger partial charge in [-0.3, -0.25) is 4.79 Å². The summed E-state index contributed by atoms with van der Waals surface area (Å²) in [6.07, 6.45) is 5.97. The molecule has 1 aliphatic rings. The van der Waals surface area contributed by atoms with E-state index in [0.29, 0.717) is 10.8 Å².